The second-order valence-corrected chi connectivity index (χ2v) is 3.47. The lowest BCUT2D eigenvalue weighted by Gasteiger charge is -2.12. The first-order valence-corrected chi connectivity index (χ1v) is 4.78. The summed E-state index contributed by atoms with van der Waals surface area (Å²) in [5, 5.41) is 19.4. The summed E-state index contributed by atoms with van der Waals surface area (Å²) in [7, 11) is 1.63. The molecule has 0 aromatic carbocycles. The number of hydrogen-bond donors (Lipinski definition) is 3. The third-order valence-electron chi connectivity index (χ3n) is 2.16. The van der Waals surface area contributed by atoms with Crippen molar-refractivity contribution in [1.82, 2.24) is 9.88 Å². The van der Waals surface area contributed by atoms with Crippen LogP contribution in [0.25, 0.3) is 0 Å². The van der Waals surface area contributed by atoms with E-state index in [2.05, 4.69) is 5.32 Å². The molecule has 0 bridgehead atoms. The molecule has 0 aliphatic rings. The van der Waals surface area contributed by atoms with Crippen LogP contribution < -0.4 is 5.32 Å². The van der Waals surface area contributed by atoms with Gasteiger partial charge in [-0.05, 0) is 12.1 Å². The van der Waals surface area contributed by atoms with Crippen molar-refractivity contribution in [3.8, 4) is 0 Å². The summed E-state index contributed by atoms with van der Waals surface area (Å²) in [4.78, 5) is 32.8. The highest BCUT2D eigenvalue weighted by Gasteiger charge is 2.24. The van der Waals surface area contributed by atoms with Crippen molar-refractivity contribution in [2.75, 3.05) is 0 Å². The van der Waals surface area contributed by atoms with Gasteiger partial charge in [0.15, 0.2) is 0 Å². The Kier molecular flexibility index (Phi) is 3.86. The van der Waals surface area contributed by atoms with Crippen molar-refractivity contribution in [3.05, 3.63) is 24.0 Å². The Morgan fingerprint density at radius 1 is 1.41 bits per heavy atom. The summed E-state index contributed by atoms with van der Waals surface area (Å²) in [6.45, 7) is 0. The van der Waals surface area contributed by atoms with Crippen molar-refractivity contribution >= 4 is 17.8 Å². The first-order valence-electron chi connectivity index (χ1n) is 4.78. The maximum Gasteiger partial charge on any atom is 0.326 e. The van der Waals surface area contributed by atoms with Gasteiger partial charge in [-0.25, -0.2) is 4.79 Å². The van der Waals surface area contributed by atoms with Crippen molar-refractivity contribution in [3.63, 3.8) is 0 Å². The maximum absolute atomic E-state index is 11.6. The van der Waals surface area contributed by atoms with Gasteiger partial charge in [0, 0.05) is 13.2 Å². The predicted molar refractivity (Wildman–Crippen MR) is 56.6 cm³/mol. The lowest BCUT2D eigenvalue weighted by Crippen LogP contribution is -2.42. The summed E-state index contributed by atoms with van der Waals surface area (Å²) in [6.07, 6.45) is 0.966. The zero-order chi connectivity index (χ0) is 13.0. The maximum atomic E-state index is 11.6. The number of aliphatic carboxylic acids is 2. The number of carbonyl (C=O) groups is 3. The molecule has 0 aliphatic heterocycles. The normalized spacial score (nSPS) is 11.8. The van der Waals surface area contributed by atoms with E-state index >= 15 is 0 Å². The summed E-state index contributed by atoms with van der Waals surface area (Å²) in [5.41, 5.74) is 0.265. The van der Waals surface area contributed by atoms with Crippen LogP contribution in [0.2, 0.25) is 0 Å². The van der Waals surface area contributed by atoms with E-state index in [4.69, 9.17) is 10.2 Å². The monoisotopic (exact) mass is 240 g/mol. The zero-order valence-electron chi connectivity index (χ0n) is 9.08. The van der Waals surface area contributed by atoms with Crippen molar-refractivity contribution in [2.24, 2.45) is 7.05 Å². The van der Waals surface area contributed by atoms with Gasteiger partial charge in [0.1, 0.15) is 11.7 Å². The van der Waals surface area contributed by atoms with Gasteiger partial charge in [-0.15, -0.1) is 0 Å². The Hall–Kier alpha value is -2.31. The fourth-order valence-corrected chi connectivity index (χ4v) is 1.30. The van der Waals surface area contributed by atoms with Crippen LogP contribution in [-0.4, -0.2) is 38.7 Å². The number of carboxylic acids is 2. The SMILES string of the molecule is Cn1cccc1C(=O)NC(CC(=O)O)C(=O)O. The molecule has 3 N–H and O–H groups in total. The molecular weight excluding hydrogens is 228 g/mol. The van der Waals surface area contributed by atoms with Crippen molar-refractivity contribution in [1.29, 1.82) is 0 Å². The smallest absolute Gasteiger partial charge is 0.326 e. The topological polar surface area (TPSA) is 109 Å². The molecule has 1 amide bonds. The second-order valence-electron chi connectivity index (χ2n) is 3.47. The third-order valence-corrected chi connectivity index (χ3v) is 2.16. The van der Waals surface area contributed by atoms with Gasteiger partial charge in [-0.1, -0.05) is 0 Å². The first kappa shape index (κ1) is 12.8. The number of aryl methyl sites for hydroxylation is 1. The summed E-state index contributed by atoms with van der Waals surface area (Å²) in [6, 6.07) is 1.70. The van der Waals surface area contributed by atoms with Crippen LogP contribution in [0.5, 0.6) is 0 Å². The Morgan fingerprint density at radius 2 is 2.06 bits per heavy atom. The number of amides is 1. The van der Waals surface area contributed by atoms with Gasteiger partial charge in [-0.3, -0.25) is 9.59 Å². The summed E-state index contributed by atoms with van der Waals surface area (Å²) < 4.78 is 1.51. The van der Waals surface area contributed by atoms with Crippen molar-refractivity contribution in [2.45, 2.75) is 12.5 Å². The minimum absolute atomic E-state index is 0.265. The van der Waals surface area contributed by atoms with Gasteiger partial charge in [0.25, 0.3) is 5.91 Å². The molecule has 1 rings (SSSR count). The van der Waals surface area contributed by atoms with Crippen LogP contribution >= 0.6 is 0 Å². The van der Waals surface area contributed by atoms with E-state index in [-0.39, 0.29) is 5.69 Å². The number of hydrogen-bond acceptors (Lipinski definition) is 3. The molecule has 92 valence electrons. The average Bonchev–Trinajstić information content (AvgIpc) is 2.62. The molecule has 1 heterocycles. The zero-order valence-corrected chi connectivity index (χ0v) is 9.08. The summed E-state index contributed by atoms with van der Waals surface area (Å²) in [5.74, 6) is -3.29. The third kappa shape index (κ3) is 3.33. The number of nitrogens with one attached hydrogen (secondary N) is 1. The van der Waals surface area contributed by atoms with Gasteiger partial charge in [0.05, 0.1) is 6.42 Å². The highest BCUT2D eigenvalue weighted by Crippen LogP contribution is 2.01. The number of carbonyl (C=O) groups excluding carboxylic acids is 1. The van der Waals surface area contributed by atoms with E-state index in [0.717, 1.165) is 0 Å². The first-order chi connectivity index (χ1) is 7.91. The molecule has 17 heavy (non-hydrogen) atoms. The Morgan fingerprint density at radius 3 is 2.47 bits per heavy atom. The molecule has 0 spiro atoms. The Balaban J connectivity index is 2.74. The number of nitrogens with zero attached hydrogens (tertiary/aromatic N) is 1. The number of aromatic nitrogens is 1. The largest absolute Gasteiger partial charge is 0.481 e. The molecule has 7 heteroatoms. The molecule has 0 fully saturated rings. The highest BCUT2D eigenvalue weighted by molar-refractivity contribution is 5.96. The predicted octanol–water partition coefficient (Wildman–Crippen LogP) is -0.317. The molecule has 1 aromatic rings. The van der Waals surface area contributed by atoms with Crippen LogP contribution in [0, 0.1) is 0 Å². The van der Waals surface area contributed by atoms with E-state index in [0.29, 0.717) is 0 Å². The fourth-order valence-electron chi connectivity index (χ4n) is 1.30. The number of carboxylic acid groups (broad SMARTS) is 2. The minimum Gasteiger partial charge on any atom is -0.481 e. The molecule has 0 saturated heterocycles. The minimum atomic E-state index is -1.44. The number of rotatable bonds is 5. The second kappa shape index (κ2) is 5.15. The highest BCUT2D eigenvalue weighted by atomic mass is 16.4. The molecule has 1 atom stereocenters. The van der Waals surface area contributed by atoms with Crippen LogP contribution in [0.15, 0.2) is 18.3 Å². The van der Waals surface area contributed by atoms with Crippen LogP contribution in [0.1, 0.15) is 16.9 Å². The van der Waals surface area contributed by atoms with Crippen LogP contribution in [0.4, 0.5) is 0 Å². The van der Waals surface area contributed by atoms with Gasteiger partial charge >= 0.3 is 11.9 Å². The molecule has 0 aliphatic carbocycles. The van der Waals surface area contributed by atoms with E-state index in [1.165, 1.54) is 10.6 Å². The molecular formula is C10H12N2O5. The van der Waals surface area contributed by atoms with Gasteiger partial charge in [-0.2, -0.15) is 0 Å². The van der Waals surface area contributed by atoms with Crippen LogP contribution in [-0.2, 0) is 16.6 Å². The lowest BCUT2D eigenvalue weighted by molar-refractivity contribution is -0.145. The molecule has 1 aromatic heterocycles. The quantitative estimate of drug-likeness (QED) is 0.653. The molecule has 0 radical (unpaired) electrons. The van der Waals surface area contributed by atoms with E-state index in [9.17, 15) is 14.4 Å². The van der Waals surface area contributed by atoms with Gasteiger partial charge < -0.3 is 20.1 Å². The molecule has 0 saturated carbocycles. The van der Waals surface area contributed by atoms with E-state index in [1.807, 2.05) is 0 Å². The summed E-state index contributed by atoms with van der Waals surface area (Å²) >= 11 is 0. The Labute approximate surface area is 96.7 Å². The van der Waals surface area contributed by atoms with Crippen LogP contribution in [0.3, 0.4) is 0 Å². The molecule has 1 unspecified atom stereocenters. The van der Waals surface area contributed by atoms with Gasteiger partial charge in [0.2, 0.25) is 0 Å². The van der Waals surface area contributed by atoms with Crippen molar-refractivity contribution < 1.29 is 24.6 Å². The molecule has 7 nitrogen and oxygen atoms in total. The Bertz CT molecular complexity index is 451. The fraction of sp³-hybridized carbons (Fsp3) is 0.300. The standard InChI is InChI=1S/C10H12N2O5/c1-12-4-2-3-7(12)9(15)11-6(10(16)17)5-8(13)14/h2-4,6H,5H2,1H3,(H,11,15)(H,13,14)(H,16,17). The lowest BCUT2D eigenvalue weighted by atomic mass is 10.2. The van der Waals surface area contributed by atoms with E-state index in [1.54, 1.807) is 19.3 Å². The average molecular weight is 240 g/mol. The van der Waals surface area contributed by atoms with E-state index < -0.39 is 30.3 Å².